The van der Waals surface area contributed by atoms with Crippen molar-refractivity contribution in [3.8, 4) is 16.9 Å². The number of rotatable bonds is 6. The molecule has 0 aliphatic heterocycles. The van der Waals surface area contributed by atoms with Crippen LogP contribution in [0.15, 0.2) is 42.7 Å². The number of halogens is 4. The first-order valence-corrected chi connectivity index (χ1v) is 9.23. The van der Waals surface area contributed by atoms with Gasteiger partial charge in [0.1, 0.15) is 35.2 Å². The van der Waals surface area contributed by atoms with Crippen LogP contribution in [0.2, 0.25) is 0 Å². The van der Waals surface area contributed by atoms with Crippen LogP contribution < -0.4 is 10.1 Å². The fourth-order valence-corrected chi connectivity index (χ4v) is 3.35. The number of aromatic nitrogens is 4. The van der Waals surface area contributed by atoms with E-state index in [0.29, 0.717) is 22.7 Å². The summed E-state index contributed by atoms with van der Waals surface area (Å²) in [6.07, 6.45) is -1.35. The predicted octanol–water partition coefficient (Wildman–Crippen LogP) is 4.94. The van der Waals surface area contributed by atoms with Gasteiger partial charge in [-0.2, -0.15) is 0 Å². The van der Waals surface area contributed by atoms with Crippen LogP contribution in [0.5, 0.6) is 5.75 Å². The largest absolute Gasteiger partial charge is 0.496 e. The van der Waals surface area contributed by atoms with Gasteiger partial charge in [-0.15, -0.1) is 10.2 Å². The minimum Gasteiger partial charge on any atom is -0.496 e. The first-order valence-electron chi connectivity index (χ1n) is 9.23. The second-order valence-electron chi connectivity index (χ2n) is 6.76. The first-order chi connectivity index (χ1) is 14.9. The molecular formula is C21H17F4N5O. The number of methoxy groups -OCH3 is 1. The maximum absolute atomic E-state index is 14.2. The van der Waals surface area contributed by atoms with Crippen molar-refractivity contribution < 1.29 is 22.3 Å². The Morgan fingerprint density at radius 1 is 1.10 bits per heavy atom. The molecule has 4 rings (SSSR count). The summed E-state index contributed by atoms with van der Waals surface area (Å²) in [5, 5.41) is 11.0. The summed E-state index contributed by atoms with van der Waals surface area (Å²) in [4.78, 5) is 3.97. The van der Waals surface area contributed by atoms with E-state index in [2.05, 4.69) is 20.5 Å². The molecule has 0 saturated carbocycles. The number of hydrogen-bond acceptors (Lipinski definition) is 5. The van der Waals surface area contributed by atoms with Crippen LogP contribution in [0.3, 0.4) is 0 Å². The van der Waals surface area contributed by atoms with Gasteiger partial charge in [-0.3, -0.25) is 9.38 Å². The molecule has 1 N–H and O–H groups in total. The van der Waals surface area contributed by atoms with E-state index >= 15 is 0 Å². The van der Waals surface area contributed by atoms with E-state index in [1.807, 2.05) is 0 Å². The van der Waals surface area contributed by atoms with Gasteiger partial charge in [0, 0.05) is 41.1 Å². The van der Waals surface area contributed by atoms with E-state index in [1.54, 1.807) is 35.6 Å². The monoisotopic (exact) mass is 431 g/mol. The molecule has 0 bridgehead atoms. The lowest BCUT2D eigenvalue weighted by Gasteiger charge is -2.15. The maximum Gasteiger partial charge on any atom is 0.280 e. The van der Waals surface area contributed by atoms with Gasteiger partial charge in [0.25, 0.3) is 6.43 Å². The third-order valence-electron chi connectivity index (χ3n) is 4.80. The molecule has 31 heavy (non-hydrogen) atoms. The Labute approximate surface area is 174 Å². The molecule has 0 aliphatic carbocycles. The summed E-state index contributed by atoms with van der Waals surface area (Å²) in [5.41, 5.74) is 1.27. The minimum atomic E-state index is -2.76. The number of fused-ring (bicyclic) bond motifs is 1. The number of anilines is 1. The fraction of sp³-hybridized carbons (Fsp3) is 0.190. The summed E-state index contributed by atoms with van der Waals surface area (Å²) in [7, 11) is 1.32. The number of benzene rings is 1. The van der Waals surface area contributed by atoms with Gasteiger partial charge in [0.2, 0.25) is 0 Å². The molecule has 6 nitrogen and oxygen atoms in total. The molecule has 0 atom stereocenters. The molecule has 0 unspecified atom stereocenters. The van der Waals surface area contributed by atoms with Gasteiger partial charge in [-0.05, 0) is 25.1 Å². The van der Waals surface area contributed by atoms with Crippen molar-refractivity contribution in [2.24, 2.45) is 0 Å². The average Bonchev–Trinajstić information content (AvgIpc) is 3.23. The lowest BCUT2D eigenvalue weighted by Crippen LogP contribution is -2.08. The third-order valence-corrected chi connectivity index (χ3v) is 4.80. The van der Waals surface area contributed by atoms with E-state index < -0.39 is 18.1 Å². The highest BCUT2D eigenvalue weighted by Crippen LogP contribution is 2.33. The quantitative estimate of drug-likeness (QED) is 0.439. The zero-order valence-corrected chi connectivity index (χ0v) is 16.5. The number of ether oxygens (including phenoxy) is 1. The van der Waals surface area contributed by atoms with E-state index in [4.69, 9.17) is 4.74 Å². The van der Waals surface area contributed by atoms with Crippen LogP contribution >= 0.6 is 0 Å². The van der Waals surface area contributed by atoms with Gasteiger partial charge in [0.05, 0.1) is 7.11 Å². The first kappa shape index (κ1) is 20.6. The van der Waals surface area contributed by atoms with Crippen LogP contribution in [0.4, 0.5) is 23.4 Å². The predicted molar refractivity (Wildman–Crippen MR) is 106 cm³/mol. The third kappa shape index (κ3) is 3.88. The van der Waals surface area contributed by atoms with Gasteiger partial charge in [-0.1, -0.05) is 6.07 Å². The van der Waals surface area contributed by atoms with Crippen molar-refractivity contribution in [1.29, 1.82) is 0 Å². The summed E-state index contributed by atoms with van der Waals surface area (Å²) < 4.78 is 61.4. The van der Waals surface area contributed by atoms with Crippen LogP contribution in [0.1, 0.15) is 23.4 Å². The van der Waals surface area contributed by atoms with Crippen LogP contribution in [0, 0.1) is 18.6 Å². The van der Waals surface area contributed by atoms with Crippen molar-refractivity contribution in [2.75, 3.05) is 12.4 Å². The molecular weight excluding hydrogens is 414 g/mol. The standard InChI is InChI=1S/C21H17F4N5O/c1-11-3-4-13(19(28-11)20(24)25)14-5-6-18(30-10-27-29-21(14)30)26-9-15-16(23)7-12(22)8-17(15)31-2/h3-8,10,20,26H,9H2,1-2H3. The Bertz CT molecular complexity index is 1260. The topological polar surface area (TPSA) is 64.3 Å². The van der Waals surface area contributed by atoms with E-state index in [9.17, 15) is 17.6 Å². The Balaban J connectivity index is 1.72. The highest BCUT2D eigenvalue weighted by atomic mass is 19.3. The van der Waals surface area contributed by atoms with Gasteiger partial charge in [-0.25, -0.2) is 17.6 Å². The number of hydrogen-bond donors (Lipinski definition) is 1. The van der Waals surface area contributed by atoms with Crippen molar-refractivity contribution in [3.05, 3.63) is 71.3 Å². The molecule has 0 radical (unpaired) electrons. The van der Waals surface area contributed by atoms with Crippen molar-refractivity contribution in [3.63, 3.8) is 0 Å². The molecule has 10 heteroatoms. The number of nitrogens with one attached hydrogen (secondary N) is 1. The van der Waals surface area contributed by atoms with Crippen LogP contribution in [-0.4, -0.2) is 26.7 Å². The molecule has 3 heterocycles. The molecule has 0 spiro atoms. The van der Waals surface area contributed by atoms with Crippen LogP contribution in [0.25, 0.3) is 16.8 Å². The fourth-order valence-electron chi connectivity index (χ4n) is 3.35. The molecule has 4 aromatic rings. The Kier molecular flexibility index (Phi) is 5.45. The normalized spacial score (nSPS) is 11.3. The molecule has 1 aromatic carbocycles. The van der Waals surface area contributed by atoms with Crippen molar-refractivity contribution in [1.82, 2.24) is 19.6 Å². The molecule has 0 fully saturated rings. The molecule has 3 aromatic heterocycles. The number of pyridine rings is 2. The van der Waals surface area contributed by atoms with E-state index in [1.165, 1.54) is 13.4 Å². The Hall–Kier alpha value is -3.69. The highest BCUT2D eigenvalue weighted by Gasteiger charge is 2.20. The summed E-state index contributed by atoms with van der Waals surface area (Å²) in [6.45, 7) is 1.62. The highest BCUT2D eigenvalue weighted by molar-refractivity contribution is 5.80. The summed E-state index contributed by atoms with van der Waals surface area (Å²) in [5.74, 6) is -0.958. The van der Waals surface area contributed by atoms with Crippen molar-refractivity contribution >= 4 is 11.5 Å². The van der Waals surface area contributed by atoms with E-state index in [0.717, 1.165) is 12.1 Å². The Morgan fingerprint density at radius 3 is 2.61 bits per heavy atom. The maximum atomic E-state index is 14.2. The lowest BCUT2D eigenvalue weighted by molar-refractivity contribution is 0.146. The van der Waals surface area contributed by atoms with Gasteiger partial charge in [0.15, 0.2) is 5.65 Å². The molecule has 0 saturated heterocycles. The number of aryl methyl sites for hydroxylation is 1. The zero-order valence-electron chi connectivity index (χ0n) is 16.5. The zero-order chi connectivity index (χ0) is 22.1. The number of nitrogens with zero attached hydrogens (tertiary/aromatic N) is 4. The second kappa shape index (κ2) is 8.21. The van der Waals surface area contributed by atoms with E-state index in [-0.39, 0.29) is 29.1 Å². The Morgan fingerprint density at radius 2 is 1.87 bits per heavy atom. The minimum absolute atomic E-state index is 0.0176. The SMILES string of the molecule is COc1cc(F)cc(F)c1CNc1ccc(-c2ccc(C)nc2C(F)F)c2nncn12. The van der Waals surface area contributed by atoms with Gasteiger partial charge < -0.3 is 10.1 Å². The average molecular weight is 431 g/mol. The van der Waals surface area contributed by atoms with Crippen LogP contribution in [-0.2, 0) is 6.54 Å². The molecule has 0 amide bonds. The van der Waals surface area contributed by atoms with Gasteiger partial charge >= 0.3 is 0 Å². The van der Waals surface area contributed by atoms with Crippen molar-refractivity contribution in [2.45, 2.75) is 19.9 Å². The lowest BCUT2D eigenvalue weighted by atomic mass is 10.0. The molecule has 160 valence electrons. The summed E-state index contributed by atoms with van der Waals surface area (Å²) in [6, 6.07) is 8.32. The summed E-state index contributed by atoms with van der Waals surface area (Å²) >= 11 is 0. The second-order valence-corrected chi connectivity index (χ2v) is 6.76. The number of alkyl halides is 2. The smallest absolute Gasteiger partial charge is 0.280 e. The molecule has 0 aliphatic rings.